The highest BCUT2D eigenvalue weighted by molar-refractivity contribution is 5.84. The fraction of sp³-hybridized carbons (Fsp3) is 0.370. The molecule has 194 valence electrons. The van der Waals surface area contributed by atoms with Gasteiger partial charge >= 0.3 is 5.97 Å². The van der Waals surface area contributed by atoms with Gasteiger partial charge in [0.2, 0.25) is 11.8 Å². The number of esters is 1. The first-order chi connectivity index (χ1) is 17.4. The standard InChI is InChI=1S/C19H28N2O4.C5H5N.C3H4N2/c1-5-20-18(23)12-11-17(21(14(2)3)15(4)22)19(24)25-13-16-9-7-6-8-10-16;1-2-4-6-5-3-1;1-2-5-3-4-1/h6-10,14,17H,5,11-13H2,1-4H3,(H,20,23);1-5H;1-3H,(H,4,5). The Morgan fingerprint density at radius 3 is 2.08 bits per heavy atom. The molecule has 36 heavy (non-hydrogen) atoms. The molecule has 2 aromatic heterocycles. The summed E-state index contributed by atoms with van der Waals surface area (Å²) in [5.74, 6) is -0.847. The van der Waals surface area contributed by atoms with Gasteiger partial charge in [-0.25, -0.2) is 9.78 Å². The number of imidazole rings is 1. The Balaban J connectivity index is 0.000000474. The van der Waals surface area contributed by atoms with Crippen LogP contribution >= 0.6 is 0 Å². The van der Waals surface area contributed by atoms with Crippen LogP contribution in [-0.4, -0.2) is 56.3 Å². The number of carbonyl (C=O) groups is 3. The highest BCUT2D eigenvalue weighted by Gasteiger charge is 2.31. The van der Waals surface area contributed by atoms with E-state index in [9.17, 15) is 14.4 Å². The van der Waals surface area contributed by atoms with E-state index >= 15 is 0 Å². The third-order valence-corrected chi connectivity index (χ3v) is 4.74. The van der Waals surface area contributed by atoms with E-state index in [4.69, 9.17) is 4.74 Å². The first-order valence-electron chi connectivity index (χ1n) is 11.9. The number of pyridine rings is 1. The molecule has 9 heteroatoms. The molecule has 3 aromatic rings. The smallest absolute Gasteiger partial charge is 0.329 e. The van der Waals surface area contributed by atoms with Gasteiger partial charge in [-0.05, 0) is 44.9 Å². The third kappa shape index (κ3) is 13.0. The van der Waals surface area contributed by atoms with E-state index in [-0.39, 0.29) is 37.3 Å². The van der Waals surface area contributed by atoms with Crippen LogP contribution in [0.5, 0.6) is 0 Å². The molecule has 0 bridgehead atoms. The molecule has 0 aliphatic heterocycles. The predicted octanol–water partition coefficient (Wildman–Crippen LogP) is 3.76. The fourth-order valence-electron chi connectivity index (χ4n) is 3.22. The van der Waals surface area contributed by atoms with Crippen LogP contribution in [0, 0.1) is 0 Å². The summed E-state index contributed by atoms with van der Waals surface area (Å²) in [6.45, 7) is 7.60. The maximum Gasteiger partial charge on any atom is 0.329 e. The number of aromatic amines is 1. The number of nitrogens with zero attached hydrogens (tertiary/aromatic N) is 3. The van der Waals surface area contributed by atoms with E-state index in [1.54, 1.807) is 31.1 Å². The number of ether oxygens (including phenoxy) is 1. The first kappa shape index (κ1) is 30.0. The van der Waals surface area contributed by atoms with Crippen molar-refractivity contribution in [2.45, 2.75) is 59.2 Å². The topological polar surface area (TPSA) is 117 Å². The van der Waals surface area contributed by atoms with Gasteiger partial charge in [-0.2, -0.15) is 0 Å². The Kier molecular flexibility index (Phi) is 15.3. The van der Waals surface area contributed by atoms with Crippen molar-refractivity contribution in [1.29, 1.82) is 0 Å². The van der Waals surface area contributed by atoms with E-state index in [1.807, 2.05) is 69.3 Å². The second-order valence-electron chi connectivity index (χ2n) is 7.91. The van der Waals surface area contributed by atoms with Gasteiger partial charge in [0.05, 0.1) is 6.33 Å². The van der Waals surface area contributed by atoms with Gasteiger partial charge in [-0.15, -0.1) is 0 Å². The largest absolute Gasteiger partial charge is 0.459 e. The van der Waals surface area contributed by atoms with Crippen molar-refractivity contribution in [3.8, 4) is 0 Å². The van der Waals surface area contributed by atoms with Crippen molar-refractivity contribution in [2.24, 2.45) is 0 Å². The lowest BCUT2D eigenvalue weighted by molar-refractivity contribution is -0.157. The number of amides is 2. The predicted molar refractivity (Wildman–Crippen MR) is 138 cm³/mol. The average Bonchev–Trinajstić information content (AvgIpc) is 3.47. The zero-order valence-corrected chi connectivity index (χ0v) is 21.5. The summed E-state index contributed by atoms with van der Waals surface area (Å²) < 4.78 is 5.40. The van der Waals surface area contributed by atoms with Crippen LogP contribution in [-0.2, 0) is 25.7 Å². The van der Waals surface area contributed by atoms with Crippen molar-refractivity contribution in [3.05, 3.63) is 85.2 Å². The normalized spacial score (nSPS) is 10.6. The summed E-state index contributed by atoms with van der Waals surface area (Å²) in [4.78, 5) is 48.0. The lowest BCUT2D eigenvalue weighted by atomic mass is 10.1. The summed E-state index contributed by atoms with van der Waals surface area (Å²) in [5.41, 5.74) is 0.872. The molecule has 9 nitrogen and oxygen atoms in total. The van der Waals surface area contributed by atoms with Crippen molar-refractivity contribution in [2.75, 3.05) is 6.54 Å². The molecule has 0 spiro atoms. The first-order valence-corrected chi connectivity index (χ1v) is 11.9. The van der Waals surface area contributed by atoms with Gasteiger partial charge in [-0.3, -0.25) is 14.6 Å². The van der Waals surface area contributed by atoms with Gasteiger partial charge in [0, 0.05) is 50.7 Å². The quantitative estimate of drug-likeness (QED) is 0.437. The number of nitrogens with one attached hydrogen (secondary N) is 2. The molecule has 1 atom stereocenters. The van der Waals surface area contributed by atoms with Crippen LogP contribution in [0.15, 0.2) is 79.6 Å². The molecule has 3 rings (SSSR count). The summed E-state index contributed by atoms with van der Waals surface area (Å²) >= 11 is 0. The number of H-pyrrole nitrogens is 1. The SMILES string of the molecule is CCNC(=O)CCC(C(=O)OCc1ccccc1)N(C(C)=O)C(C)C.c1c[nH]cn1.c1ccncc1. The van der Waals surface area contributed by atoms with Crippen molar-refractivity contribution >= 4 is 17.8 Å². The minimum atomic E-state index is -0.774. The van der Waals surface area contributed by atoms with Crippen molar-refractivity contribution in [1.82, 2.24) is 25.2 Å². The molecule has 2 N–H and O–H groups in total. The highest BCUT2D eigenvalue weighted by atomic mass is 16.5. The molecule has 0 aliphatic carbocycles. The molecule has 0 radical (unpaired) electrons. The van der Waals surface area contributed by atoms with Crippen LogP contribution in [0.2, 0.25) is 0 Å². The summed E-state index contributed by atoms with van der Waals surface area (Å²) in [7, 11) is 0. The number of hydrogen-bond donors (Lipinski definition) is 2. The number of carbonyl (C=O) groups excluding carboxylic acids is 3. The van der Waals surface area contributed by atoms with E-state index in [0.717, 1.165) is 5.56 Å². The van der Waals surface area contributed by atoms with Gasteiger partial charge < -0.3 is 19.9 Å². The minimum absolute atomic E-state index is 0.140. The van der Waals surface area contributed by atoms with E-state index in [0.29, 0.717) is 6.54 Å². The lowest BCUT2D eigenvalue weighted by Crippen LogP contribution is -2.49. The molecular formula is C27H37N5O4. The number of benzene rings is 1. The summed E-state index contributed by atoms with van der Waals surface area (Å²) in [6.07, 6.45) is 8.98. The van der Waals surface area contributed by atoms with Crippen LogP contribution in [0.3, 0.4) is 0 Å². The molecular weight excluding hydrogens is 458 g/mol. The molecule has 2 amide bonds. The minimum Gasteiger partial charge on any atom is -0.459 e. The van der Waals surface area contributed by atoms with E-state index in [1.165, 1.54) is 11.8 Å². The Morgan fingerprint density at radius 1 is 1.00 bits per heavy atom. The molecule has 1 aromatic carbocycles. The third-order valence-electron chi connectivity index (χ3n) is 4.74. The maximum absolute atomic E-state index is 12.6. The molecule has 0 aliphatic rings. The van der Waals surface area contributed by atoms with E-state index in [2.05, 4.69) is 20.3 Å². The zero-order valence-electron chi connectivity index (χ0n) is 21.5. The molecule has 2 heterocycles. The Bertz CT molecular complexity index is 922. The van der Waals surface area contributed by atoms with Crippen LogP contribution in [0.25, 0.3) is 0 Å². The Labute approximate surface area is 213 Å². The Hall–Kier alpha value is -4.01. The van der Waals surface area contributed by atoms with E-state index < -0.39 is 12.0 Å². The van der Waals surface area contributed by atoms with Crippen molar-refractivity contribution in [3.63, 3.8) is 0 Å². The van der Waals surface area contributed by atoms with Gasteiger partial charge in [0.15, 0.2) is 0 Å². The monoisotopic (exact) mass is 495 g/mol. The second kappa shape index (κ2) is 18.3. The maximum atomic E-state index is 12.6. The zero-order chi connectivity index (χ0) is 26.6. The highest BCUT2D eigenvalue weighted by Crippen LogP contribution is 2.15. The molecule has 0 saturated carbocycles. The van der Waals surface area contributed by atoms with Gasteiger partial charge in [0.25, 0.3) is 0 Å². The van der Waals surface area contributed by atoms with Crippen LogP contribution < -0.4 is 5.32 Å². The Morgan fingerprint density at radius 2 is 1.67 bits per heavy atom. The summed E-state index contributed by atoms with van der Waals surface area (Å²) in [6, 6.07) is 14.1. The molecule has 0 fully saturated rings. The average molecular weight is 496 g/mol. The van der Waals surface area contributed by atoms with Crippen molar-refractivity contribution < 1.29 is 19.1 Å². The van der Waals surface area contributed by atoms with Crippen LogP contribution in [0.4, 0.5) is 0 Å². The molecule has 1 unspecified atom stereocenters. The summed E-state index contributed by atoms with van der Waals surface area (Å²) in [5, 5.41) is 2.70. The lowest BCUT2D eigenvalue weighted by Gasteiger charge is -2.32. The van der Waals surface area contributed by atoms with Gasteiger partial charge in [-0.1, -0.05) is 36.4 Å². The number of hydrogen-bond acceptors (Lipinski definition) is 6. The van der Waals surface area contributed by atoms with Gasteiger partial charge in [0.1, 0.15) is 12.6 Å². The second-order valence-corrected chi connectivity index (χ2v) is 7.91. The molecule has 0 saturated heterocycles. The van der Waals surface area contributed by atoms with Crippen LogP contribution in [0.1, 0.15) is 46.1 Å². The number of rotatable bonds is 9. The number of aromatic nitrogens is 3. The fourth-order valence-corrected chi connectivity index (χ4v) is 3.22.